The molecule has 0 radical (unpaired) electrons. The lowest BCUT2D eigenvalue weighted by molar-refractivity contribution is -0.149. The van der Waals surface area contributed by atoms with Gasteiger partial charge in [0.15, 0.2) is 0 Å². The second-order valence-corrected chi connectivity index (χ2v) is 14.8. The molecule has 0 aliphatic rings. The summed E-state index contributed by atoms with van der Waals surface area (Å²) in [5.41, 5.74) is 11.4. The van der Waals surface area contributed by atoms with Crippen LogP contribution < -0.4 is 22.1 Å². The number of rotatable bonds is 30. The number of aliphatic hydroxyl groups excluding tert-OH is 2. The van der Waals surface area contributed by atoms with Crippen molar-refractivity contribution >= 4 is 46.6 Å². The number of halogens is 1. The van der Waals surface area contributed by atoms with E-state index in [1.165, 1.54) is 12.2 Å². The molecule has 66 heavy (non-hydrogen) atoms. The van der Waals surface area contributed by atoms with Gasteiger partial charge in [-0.05, 0) is 68.4 Å². The van der Waals surface area contributed by atoms with Gasteiger partial charge >= 0.3 is 17.9 Å². The minimum atomic E-state index is -0.981. The van der Waals surface area contributed by atoms with Crippen molar-refractivity contribution < 1.29 is 53.6 Å². The van der Waals surface area contributed by atoms with Gasteiger partial charge < -0.3 is 46.9 Å². The number of hydrogen-bond acceptors (Lipinski definition) is 12. The molecule has 9 N–H and O–H groups in total. The maximum absolute atomic E-state index is 11.3. The third-order valence-electron chi connectivity index (χ3n) is 8.45. The molecule has 0 aromatic carbocycles. The lowest BCUT2D eigenvalue weighted by atomic mass is 10.0. The van der Waals surface area contributed by atoms with Crippen molar-refractivity contribution in [2.24, 2.45) is 11.5 Å². The van der Waals surface area contributed by atoms with E-state index in [-0.39, 0.29) is 54.3 Å². The molecular formula is C50H87ClN4O11+4. The Morgan fingerprint density at radius 2 is 0.985 bits per heavy atom. The number of carboxylic acid groups (broad SMARTS) is 1. The van der Waals surface area contributed by atoms with Crippen LogP contribution in [0.2, 0.25) is 0 Å². The molecule has 0 heterocycles. The summed E-state index contributed by atoms with van der Waals surface area (Å²) in [5.74, 6) is -2.34. The summed E-state index contributed by atoms with van der Waals surface area (Å²) >= 11 is 4.71. The van der Waals surface area contributed by atoms with Gasteiger partial charge in [0.1, 0.15) is 37.9 Å². The second kappa shape index (κ2) is 52.7. The second-order valence-electron chi connectivity index (χ2n) is 14.5. The van der Waals surface area contributed by atoms with E-state index in [2.05, 4.69) is 91.6 Å². The van der Waals surface area contributed by atoms with Crippen molar-refractivity contribution in [1.82, 2.24) is 10.6 Å². The third-order valence-corrected chi connectivity index (χ3v) is 8.60. The molecule has 0 bridgehead atoms. The largest absolute Gasteiger partial charge is 0.478 e. The summed E-state index contributed by atoms with van der Waals surface area (Å²) in [4.78, 5) is 63.5. The first-order valence-corrected chi connectivity index (χ1v) is 22.7. The molecule has 0 saturated heterocycles. The lowest BCUT2D eigenvalue weighted by Crippen LogP contribution is -2.42. The molecule has 0 spiro atoms. The first-order chi connectivity index (χ1) is 31.1. The molecule has 0 aliphatic heterocycles. The van der Waals surface area contributed by atoms with Crippen LogP contribution in [0, 0.1) is 27.7 Å². The standard InChI is InChI=1S/C14H22N2O2.C14H21O4.C8H19N2.C8H17O2.C3H3ClO.C3H4O2/c1-5-9-12(16-14(18)8-4)10-11(6-2)15-13(17)7-3;1-5-9-12(18-14(16)8-4)10-11(6-2)17-13(15)7-3;2*1-3-5-8(10)6-7(9)4-2;2*1-2-3(4)5/h7-8,11-12H,2-6,9-10H2,1H3,(H-,15,16,17,18);7-8,11-12H,2-6,9-10H2,1H3;7-8H,2-6,9-10H2,1H3;7-10H,2-6H2,1H3;2H,1H2;2H,1H2,(H,4,5)/q;3*+1;;/p+1. The molecule has 15 nitrogen and oxygen atoms in total. The Bertz CT molecular complexity index is 1230. The molecule has 8 atom stereocenters. The maximum atomic E-state index is 11.3. The number of carboxylic acids is 1. The van der Waals surface area contributed by atoms with E-state index in [1.807, 2.05) is 13.8 Å². The molecule has 8 unspecified atom stereocenters. The van der Waals surface area contributed by atoms with Crippen LogP contribution in [-0.4, -0.2) is 98.9 Å². The zero-order valence-electron chi connectivity index (χ0n) is 40.6. The highest BCUT2D eigenvalue weighted by molar-refractivity contribution is 6.66. The van der Waals surface area contributed by atoms with Gasteiger partial charge in [0.25, 0.3) is 0 Å². The van der Waals surface area contributed by atoms with Gasteiger partial charge in [0.05, 0.1) is 45.9 Å². The Balaban J connectivity index is -0.000000174. The minimum absolute atomic E-state index is 0.0253. The summed E-state index contributed by atoms with van der Waals surface area (Å²) in [6.45, 7) is 42.5. The number of hydrogen-bond donors (Lipinski definition) is 7. The van der Waals surface area contributed by atoms with Crippen LogP contribution >= 0.6 is 11.6 Å². The van der Waals surface area contributed by atoms with Gasteiger partial charge in [-0.2, -0.15) is 0 Å². The number of allylic oxidation sites excluding steroid dienone is 1. The van der Waals surface area contributed by atoms with Crippen LogP contribution in [0.5, 0.6) is 0 Å². The van der Waals surface area contributed by atoms with E-state index in [1.54, 1.807) is 0 Å². The van der Waals surface area contributed by atoms with Crippen LogP contribution in [0.3, 0.4) is 0 Å². The number of nitrogens with two attached hydrogens (primary N) is 2. The summed E-state index contributed by atoms with van der Waals surface area (Å²) in [6, 6.07) is 0.442. The topological polar surface area (TPSA) is 258 Å². The van der Waals surface area contributed by atoms with Crippen molar-refractivity contribution in [3.8, 4) is 0 Å². The van der Waals surface area contributed by atoms with E-state index in [9.17, 15) is 28.8 Å². The fourth-order valence-corrected chi connectivity index (χ4v) is 5.08. The van der Waals surface area contributed by atoms with E-state index in [4.69, 9.17) is 47.9 Å². The maximum Gasteiger partial charge on any atom is 0.330 e. The van der Waals surface area contributed by atoms with Gasteiger partial charge in [-0.1, -0.05) is 92.9 Å². The smallest absolute Gasteiger partial charge is 0.330 e. The first-order valence-electron chi connectivity index (χ1n) is 22.3. The SMILES string of the molecule is C=CC(=O)Cl.C=CC(=O)NC(C[CH2+])CC(CCC)NC(=O)C=C.C=CC(=O)O.C=CC(=O)OC(C[CH2+])CC(CCC)OC(=O)C=C.[CH2+]CC(N)CC(N)CCC.[CH2+]CC(O)CC(O)CCC. The zero-order chi connectivity index (χ0) is 52.5. The Morgan fingerprint density at radius 1 is 0.545 bits per heavy atom. The predicted octanol–water partition coefficient (Wildman–Crippen LogP) is 7.71. The summed E-state index contributed by atoms with van der Waals surface area (Å²) in [7, 11) is 0. The molecule has 16 heteroatoms. The molecule has 0 aliphatic carbocycles. The number of carbonyl (C=O) groups is 6. The van der Waals surface area contributed by atoms with Crippen LogP contribution in [0.1, 0.15) is 130 Å². The number of amides is 2. The number of esters is 2. The van der Waals surface area contributed by atoms with Crippen molar-refractivity contribution in [1.29, 1.82) is 0 Å². The molecular weight excluding hydrogens is 868 g/mol. The van der Waals surface area contributed by atoms with E-state index < -0.39 is 29.3 Å². The number of ether oxygens (including phenoxy) is 2. The van der Waals surface area contributed by atoms with Crippen molar-refractivity contribution in [3.05, 3.63) is 104 Å². The molecule has 0 fully saturated rings. The van der Waals surface area contributed by atoms with Gasteiger partial charge in [-0.3, -0.25) is 14.4 Å². The number of aliphatic carboxylic acids is 1. The van der Waals surface area contributed by atoms with E-state index in [0.717, 1.165) is 82.1 Å². The van der Waals surface area contributed by atoms with Crippen molar-refractivity contribution in [3.63, 3.8) is 0 Å². The van der Waals surface area contributed by atoms with Crippen LogP contribution in [0.25, 0.3) is 0 Å². The van der Waals surface area contributed by atoms with Crippen LogP contribution in [-0.2, 0) is 38.2 Å². The van der Waals surface area contributed by atoms with Gasteiger partial charge in [-0.25, -0.2) is 14.4 Å². The Hall–Kier alpha value is -4.93. The highest BCUT2D eigenvalue weighted by Crippen LogP contribution is 2.15. The molecule has 0 rings (SSSR count). The highest BCUT2D eigenvalue weighted by atomic mass is 35.5. The van der Waals surface area contributed by atoms with Gasteiger partial charge in [0, 0.05) is 49.2 Å². The number of carbonyl (C=O) groups excluding carboxylic acids is 5. The van der Waals surface area contributed by atoms with Crippen molar-refractivity contribution in [2.45, 2.75) is 179 Å². The van der Waals surface area contributed by atoms with E-state index >= 15 is 0 Å². The van der Waals surface area contributed by atoms with Gasteiger partial charge in [0.2, 0.25) is 17.1 Å². The normalized spacial score (nSPS) is 13.2. The Morgan fingerprint density at radius 3 is 1.32 bits per heavy atom. The number of aliphatic hydroxyl groups is 2. The highest BCUT2D eigenvalue weighted by Gasteiger charge is 2.22. The average Bonchev–Trinajstić information content (AvgIpc) is 3.29. The summed E-state index contributed by atoms with van der Waals surface area (Å²) < 4.78 is 10.3. The Labute approximate surface area is 403 Å². The molecule has 376 valence electrons. The quantitative estimate of drug-likeness (QED) is 0.0158. The van der Waals surface area contributed by atoms with Crippen LogP contribution in [0.15, 0.2) is 75.9 Å². The monoisotopic (exact) mass is 955 g/mol. The Kier molecular flexibility index (Phi) is 58.0. The fraction of sp³-hybridized carbons (Fsp3) is 0.560. The predicted molar refractivity (Wildman–Crippen MR) is 269 cm³/mol. The minimum Gasteiger partial charge on any atom is -0.478 e. The average molecular weight is 956 g/mol. The fourth-order valence-electron chi connectivity index (χ4n) is 5.08. The molecule has 0 aromatic heterocycles. The van der Waals surface area contributed by atoms with Crippen molar-refractivity contribution in [2.75, 3.05) is 0 Å². The molecule has 2 amide bonds. The summed E-state index contributed by atoms with van der Waals surface area (Å²) in [6.07, 6.45) is 17.3. The van der Waals surface area contributed by atoms with Gasteiger partial charge in [-0.15, -0.1) is 0 Å². The molecule has 0 aromatic rings. The third kappa shape index (κ3) is 57.1. The number of nitrogens with one attached hydrogen (secondary N) is 2. The first kappa shape index (κ1) is 72.7. The zero-order valence-corrected chi connectivity index (χ0v) is 41.4. The lowest BCUT2D eigenvalue weighted by Gasteiger charge is -2.22. The van der Waals surface area contributed by atoms with E-state index in [0.29, 0.717) is 44.9 Å². The van der Waals surface area contributed by atoms with Crippen LogP contribution in [0.4, 0.5) is 0 Å². The summed E-state index contributed by atoms with van der Waals surface area (Å²) in [5, 5.41) is 31.0. The molecule has 0 saturated carbocycles.